The van der Waals surface area contributed by atoms with Crippen molar-refractivity contribution >= 4 is 53.1 Å². The van der Waals surface area contributed by atoms with Gasteiger partial charge in [0.05, 0.1) is 5.75 Å². The highest BCUT2D eigenvalue weighted by Crippen LogP contribution is 2.47. The van der Waals surface area contributed by atoms with Crippen LogP contribution in [0.1, 0.15) is 6.92 Å². The first kappa shape index (κ1) is 24.4. The van der Waals surface area contributed by atoms with Gasteiger partial charge in [0.25, 0.3) is 11.6 Å². The largest absolute Gasteiger partial charge is 0.477 e. The molecule has 34 heavy (non-hydrogen) atoms. The maximum Gasteiger partial charge on any atom is 0.352 e. The number of aryl methyl sites for hydroxylation is 1. The van der Waals surface area contributed by atoms with Gasteiger partial charge in [-0.05, 0) is 28.1 Å². The van der Waals surface area contributed by atoms with Gasteiger partial charge in [0.1, 0.15) is 16.9 Å². The molecule has 2 aliphatic heterocycles. The van der Waals surface area contributed by atoms with Crippen LogP contribution in [0.3, 0.4) is 0 Å². The van der Waals surface area contributed by atoms with Crippen LogP contribution in [0, 0.1) is 0 Å². The third-order valence-corrected chi connectivity index (χ3v) is 8.26. The van der Waals surface area contributed by atoms with E-state index in [1.165, 1.54) is 58.4 Å². The molecular formula is C16H20N10O5S3. The average molecular weight is 529 g/mol. The quantitative estimate of drug-likeness (QED) is 0.203. The van der Waals surface area contributed by atoms with Crippen molar-refractivity contribution in [2.45, 2.75) is 35.6 Å². The predicted molar refractivity (Wildman–Crippen MR) is 120 cm³/mol. The number of aliphatic carboxylic acids is 1. The Hall–Kier alpha value is -2.70. The van der Waals surface area contributed by atoms with Gasteiger partial charge in [-0.1, -0.05) is 11.8 Å². The highest BCUT2D eigenvalue weighted by atomic mass is 32.2. The first-order chi connectivity index (χ1) is 16.4. The van der Waals surface area contributed by atoms with E-state index in [0.717, 1.165) is 0 Å². The zero-order valence-electron chi connectivity index (χ0n) is 18.0. The maximum atomic E-state index is 13.1. The summed E-state index contributed by atoms with van der Waals surface area (Å²) < 4.78 is 7.05. The Morgan fingerprint density at radius 2 is 2.24 bits per heavy atom. The van der Waals surface area contributed by atoms with Crippen molar-refractivity contribution in [2.24, 2.45) is 0 Å². The number of thioether (sulfide) groups is 3. The standard InChI is InChI=1S/C16H20N10O5S3/c1-3-24-15(20-21-23-24)34-5-9-4-33-14-16(31-2,13(30)26(14)11(9)12(28)29)19-10(27)6-32-8-25-18-7-17-22-25/h7,14H,3-6,8H2,1-2H3,(H,19,27)(H,28,29)/t14?,16-/m0/s1. The van der Waals surface area contributed by atoms with E-state index in [4.69, 9.17) is 4.74 Å². The van der Waals surface area contributed by atoms with Crippen molar-refractivity contribution in [3.63, 3.8) is 0 Å². The van der Waals surface area contributed by atoms with Crippen molar-refractivity contribution in [1.82, 2.24) is 50.6 Å². The highest BCUT2D eigenvalue weighted by molar-refractivity contribution is 8.01. The molecule has 0 aliphatic carbocycles. The van der Waals surface area contributed by atoms with Crippen molar-refractivity contribution in [3.8, 4) is 0 Å². The van der Waals surface area contributed by atoms with Gasteiger partial charge in [0.2, 0.25) is 11.1 Å². The van der Waals surface area contributed by atoms with Gasteiger partial charge in [-0.3, -0.25) is 14.5 Å². The molecule has 0 bridgehead atoms. The summed E-state index contributed by atoms with van der Waals surface area (Å²) in [5.41, 5.74) is -1.19. The number of hydrogen-bond acceptors (Lipinski definition) is 13. The number of fused-ring (bicyclic) bond motifs is 1. The third-order valence-electron chi connectivity index (χ3n) is 4.97. The lowest BCUT2D eigenvalue weighted by Crippen LogP contribution is -2.80. The lowest BCUT2D eigenvalue weighted by Gasteiger charge is -2.55. The number of methoxy groups -OCH3 is 1. The molecule has 0 aromatic carbocycles. The average Bonchev–Trinajstić information content (AvgIpc) is 3.52. The molecule has 2 N–H and O–H groups in total. The fourth-order valence-corrected chi connectivity index (χ4v) is 6.56. The number of rotatable bonds is 11. The fourth-order valence-electron chi connectivity index (χ4n) is 3.42. The van der Waals surface area contributed by atoms with Crippen LogP contribution in [0.5, 0.6) is 0 Å². The molecule has 0 spiro atoms. The number of aromatic nitrogens is 8. The van der Waals surface area contributed by atoms with Crippen molar-refractivity contribution in [2.75, 3.05) is 24.4 Å². The van der Waals surface area contributed by atoms with Crippen LogP contribution >= 0.6 is 35.3 Å². The second-order valence-electron chi connectivity index (χ2n) is 6.94. The smallest absolute Gasteiger partial charge is 0.352 e. The summed E-state index contributed by atoms with van der Waals surface area (Å²) >= 11 is 3.84. The lowest BCUT2D eigenvalue weighted by atomic mass is 9.98. The summed E-state index contributed by atoms with van der Waals surface area (Å²) in [6.07, 6.45) is 1.29. The molecule has 15 nitrogen and oxygen atoms in total. The molecule has 2 aromatic rings. The minimum atomic E-state index is -1.64. The van der Waals surface area contributed by atoms with E-state index in [1.54, 1.807) is 4.68 Å². The molecule has 182 valence electrons. The summed E-state index contributed by atoms with van der Waals surface area (Å²) in [6.45, 7) is 2.47. The molecule has 18 heteroatoms. The molecule has 1 saturated heterocycles. The molecule has 0 saturated carbocycles. The Balaban J connectivity index is 1.44. The van der Waals surface area contributed by atoms with Crippen LogP contribution in [0.2, 0.25) is 0 Å². The molecule has 4 heterocycles. The maximum absolute atomic E-state index is 13.1. The van der Waals surface area contributed by atoms with Gasteiger partial charge in [0.15, 0.2) is 6.33 Å². The first-order valence-electron chi connectivity index (χ1n) is 9.85. The number of tetrazole rings is 2. The van der Waals surface area contributed by atoms with E-state index in [1.807, 2.05) is 6.92 Å². The molecule has 2 amide bonds. The zero-order chi connectivity index (χ0) is 24.3. The number of nitrogens with zero attached hydrogens (tertiary/aromatic N) is 9. The van der Waals surface area contributed by atoms with Crippen LogP contribution in [0.4, 0.5) is 0 Å². The van der Waals surface area contributed by atoms with Gasteiger partial charge < -0.3 is 15.2 Å². The van der Waals surface area contributed by atoms with Crippen LogP contribution in [-0.4, -0.2) is 104 Å². The van der Waals surface area contributed by atoms with E-state index in [2.05, 4.69) is 36.3 Å². The third kappa shape index (κ3) is 4.49. The Labute approximate surface area is 205 Å². The summed E-state index contributed by atoms with van der Waals surface area (Å²) in [6, 6.07) is 0. The Morgan fingerprint density at radius 1 is 1.41 bits per heavy atom. The topological polar surface area (TPSA) is 183 Å². The van der Waals surface area contributed by atoms with Gasteiger partial charge in [-0.25, -0.2) is 9.48 Å². The number of carbonyl (C=O) groups is 3. The summed E-state index contributed by atoms with van der Waals surface area (Å²) in [4.78, 5) is 40.2. The van der Waals surface area contributed by atoms with E-state index in [9.17, 15) is 19.5 Å². The number of nitrogens with one attached hydrogen (secondary N) is 1. The van der Waals surface area contributed by atoms with Gasteiger partial charge in [-0.2, -0.15) is 4.80 Å². The summed E-state index contributed by atoms with van der Waals surface area (Å²) in [7, 11) is 1.31. The summed E-state index contributed by atoms with van der Waals surface area (Å²) in [5, 5.41) is 34.9. The van der Waals surface area contributed by atoms with Gasteiger partial charge in [0, 0.05) is 25.2 Å². The van der Waals surface area contributed by atoms with Crippen LogP contribution in [0.25, 0.3) is 0 Å². The fraction of sp³-hybridized carbons (Fsp3) is 0.562. The zero-order valence-corrected chi connectivity index (χ0v) is 20.5. The second-order valence-corrected chi connectivity index (χ2v) is 9.90. The lowest BCUT2D eigenvalue weighted by molar-refractivity contribution is -0.192. The first-order valence-corrected chi connectivity index (χ1v) is 13.0. The van der Waals surface area contributed by atoms with Gasteiger partial charge >= 0.3 is 5.97 Å². The van der Waals surface area contributed by atoms with Gasteiger partial charge in [-0.15, -0.1) is 38.8 Å². The number of carboxylic acids is 1. The Bertz CT molecular complexity index is 1110. The van der Waals surface area contributed by atoms with E-state index < -0.39 is 28.9 Å². The van der Waals surface area contributed by atoms with Crippen molar-refractivity contribution in [3.05, 3.63) is 17.6 Å². The molecule has 4 rings (SSSR count). The van der Waals surface area contributed by atoms with Crippen LogP contribution in [0.15, 0.2) is 22.8 Å². The number of carbonyl (C=O) groups excluding carboxylic acids is 2. The van der Waals surface area contributed by atoms with E-state index >= 15 is 0 Å². The van der Waals surface area contributed by atoms with Crippen molar-refractivity contribution in [1.29, 1.82) is 0 Å². The summed E-state index contributed by atoms with van der Waals surface area (Å²) in [5.74, 6) is -1.34. The second kappa shape index (κ2) is 10.3. The van der Waals surface area contributed by atoms with E-state index in [0.29, 0.717) is 34.7 Å². The molecule has 0 radical (unpaired) electrons. The van der Waals surface area contributed by atoms with E-state index in [-0.39, 0.29) is 11.4 Å². The highest BCUT2D eigenvalue weighted by Gasteiger charge is 2.66. The normalized spacial score (nSPS) is 21.9. The minimum absolute atomic E-state index is 0.0208. The predicted octanol–water partition coefficient (Wildman–Crippen LogP) is -1.12. The Morgan fingerprint density at radius 3 is 2.91 bits per heavy atom. The monoisotopic (exact) mass is 528 g/mol. The molecule has 1 unspecified atom stereocenters. The number of carboxylic acid groups (broad SMARTS) is 1. The molecule has 2 aliphatic rings. The molecule has 1 fully saturated rings. The van der Waals surface area contributed by atoms with Crippen LogP contribution < -0.4 is 5.32 Å². The Kier molecular flexibility index (Phi) is 7.39. The minimum Gasteiger partial charge on any atom is -0.477 e. The molecular weight excluding hydrogens is 508 g/mol. The van der Waals surface area contributed by atoms with Crippen molar-refractivity contribution < 1.29 is 24.2 Å². The number of ether oxygens (including phenoxy) is 1. The number of amides is 2. The van der Waals surface area contributed by atoms with Crippen LogP contribution in [-0.2, 0) is 31.5 Å². The molecule has 2 aromatic heterocycles. The molecule has 2 atom stereocenters. The number of β-lactam (4-membered cyclic amide) rings is 1. The number of hydrogen-bond donors (Lipinski definition) is 2. The SMILES string of the molecule is CCn1nnnc1SCC1=C(C(=O)O)N2C(=O)[C@](NC(=O)CSCn3ncnn3)(OC)C2SC1.